The number of aryl methyl sites for hydroxylation is 4. The van der Waals surface area contributed by atoms with Crippen molar-refractivity contribution >= 4 is 38.7 Å². The van der Waals surface area contributed by atoms with E-state index in [2.05, 4.69) is 24.1 Å². The Bertz CT molecular complexity index is 1010. The number of nitrogens with zero attached hydrogens (tertiary/aromatic N) is 4. The predicted octanol–water partition coefficient (Wildman–Crippen LogP) is 4.13. The van der Waals surface area contributed by atoms with Gasteiger partial charge < -0.3 is 10.1 Å². The summed E-state index contributed by atoms with van der Waals surface area (Å²) in [4.78, 5) is 21.0. The first kappa shape index (κ1) is 20.3. The molecule has 30 heavy (non-hydrogen) atoms. The van der Waals surface area contributed by atoms with Crippen LogP contribution in [0.5, 0.6) is 0 Å². The van der Waals surface area contributed by atoms with Crippen molar-refractivity contribution in [3.05, 3.63) is 31.8 Å². The molecule has 1 fully saturated rings. The molecule has 160 valence electrons. The highest BCUT2D eigenvalue weighted by molar-refractivity contribution is 7.18. The minimum absolute atomic E-state index is 0.781. The van der Waals surface area contributed by atoms with Gasteiger partial charge in [0.15, 0.2) is 0 Å². The molecule has 3 aromatic heterocycles. The minimum Gasteiger partial charge on any atom is -0.379 e. The number of rotatable bonds is 6. The van der Waals surface area contributed by atoms with E-state index < -0.39 is 0 Å². The van der Waals surface area contributed by atoms with E-state index in [-0.39, 0.29) is 0 Å². The first-order chi connectivity index (χ1) is 14.7. The molecule has 0 saturated carbocycles. The minimum atomic E-state index is 0.781. The molecular weight excluding hydrogens is 414 g/mol. The standard InChI is InChI=1S/C22H29N5OS2/c1-14-15(2)29-22-20(14)21(25-18(26-22)13-27-9-11-28-12-10-27)23-8-7-19-24-16-5-3-4-6-17(16)30-19/h3-13H2,1-2H3,(H,23,25,26). The number of morpholine rings is 1. The van der Waals surface area contributed by atoms with E-state index >= 15 is 0 Å². The van der Waals surface area contributed by atoms with E-state index in [1.807, 2.05) is 11.3 Å². The van der Waals surface area contributed by atoms with Crippen LogP contribution in [0.1, 0.15) is 44.7 Å². The molecule has 0 aromatic carbocycles. The average molecular weight is 444 g/mol. The molecule has 1 aliphatic heterocycles. The lowest BCUT2D eigenvalue weighted by Gasteiger charge is -2.25. The van der Waals surface area contributed by atoms with Gasteiger partial charge in [0.1, 0.15) is 16.5 Å². The number of fused-ring (bicyclic) bond motifs is 2. The molecule has 0 amide bonds. The highest BCUT2D eigenvalue weighted by Gasteiger charge is 2.18. The Hall–Kier alpha value is -1.61. The Balaban J connectivity index is 1.34. The summed E-state index contributed by atoms with van der Waals surface area (Å²) in [7, 11) is 0. The van der Waals surface area contributed by atoms with Gasteiger partial charge >= 0.3 is 0 Å². The summed E-state index contributed by atoms with van der Waals surface area (Å²) in [6.07, 6.45) is 5.92. The molecule has 0 bridgehead atoms. The summed E-state index contributed by atoms with van der Waals surface area (Å²) >= 11 is 3.68. The lowest BCUT2D eigenvalue weighted by atomic mass is 10.0. The molecule has 0 spiro atoms. The maximum atomic E-state index is 5.48. The second-order valence-electron chi connectivity index (χ2n) is 8.20. The van der Waals surface area contributed by atoms with Crippen molar-refractivity contribution in [3.8, 4) is 0 Å². The van der Waals surface area contributed by atoms with Crippen LogP contribution < -0.4 is 5.32 Å². The lowest BCUT2D eigenvalue weighted by molar-refractivity contribution is 0.0331. The molecule has 5 rings (SSSR count). The molecule has 0 radical (unpaired) electrons. The van der Waals surface area contributed by atoms with E-state index in [1.165, 1.54) is 50.7 Å². The second-order valence-corrected chi connectivity index (χ2v) is 10.6. The molecule has 1 aliphatic carbocycles. The number of anilines is 1. The number of thiophene rings is 1. The molecule has 6 nitrogen and oxygen atoms in total. The first-order valence-corrected chi connectivity index (χ1v) is 12.6. The molecule has 0 unspecified atom stereocenters. The van der Waals surface area contributed by atoms with E-state index in [1.54, 1.807) is 11.3 Å². The van der Waals surface area contributed by atoms with Gasteiger partial charge in [0.25, 0.3) is 0 Å². The van der Waals surface area contributed by atoms with Crippen LogP contribution in [0, 0.1) is 13.8 Å². The zero-order valence-corrected chi connectivity index (χ0v) is 19.4. The van der Waals surface area contributed by atoms with E-state index in [0.29, 0.717) is 0 Å². The second kappa shape index (κ2) is 8.86. The van der Waals surface area contributed by atoms with Gasteiger partial charge in [-0.25, -0.2) is 15.0 Å². The van der Waals surface area contributed by atoms with Gasteiger partial charge in [-0.3, -0.25) is 4.90 Å². The summed E-state index contributed by atoms with van der Waals surface area (Å²) in [6.45, 7) is 9.47. The maximum Gasteiger partial charge on any atom is 0.146 e. The smallest absolute Gasteiger partial charge is 0.146 e. The largest absolute Gasteiger partial charge is 0.379 e. The SMILES string of the molecule is Cc1sc2nc(CN3CCOCC3)nc(NCCc3nc4c(s3)CCCC4)c2c1C. The van der Waals surface area contributed by atoms with Crippen LogP contribution in [0.15, 0.2) is 0 Å². The van der Waals surface area contributed by atoms with Crippen molar-refractivity contribution in [3.63, 3.8) is 0 Å². The molecule has 8 heteroatoms. The Kier molecular flexibility index (Phi) is 6.00. The summed E-state index contributed by atoms with van der Waals surface area (Å²) in [5, 5.41) is 6.07. The van der Waals surface area contributed by atoms with Gasteiger partial charge in [0.05, 0.1) is 35.8 Å². The van der Waals surface area contributed by atoms with Gasteiger partial charge in [-0.2, -0.15) is 0 Å². The summed E-state index contributed by atoms with van der Waals surface area (Å²) in [6, 6.07) is 0. The number of nitrogens with one attached hydrogen (secondary N) is 1. The molecule has 0 atom stereocenters. The van der Waals surface area contributed by atoms with Gasteiger partial charge in [-0.05, 0) is 45.1 Å². The molecule has 3 aromatic rings. The average Bonchev–Trinajstić information content (AvgIpc) is 3.29. The van der Waals surface area contributed by atoms with Crippen molar-refractivity contribution in [2.75, 3.05) is 38.2 Å². The van der Waals surface area contributed by atoms with Gasteiger partial charge in [0.2, 0.25) is 0 Å². The summed E-state index contributed by atoms with van der Waals surface area (Å²) in [5.74, 6) is 1.88. The number of aromatic nitrogens is 3. The third-order valence-corrected chi connectivity index (χ3v) is 8.38. The fourth-order valence-electron chi connectivity index (χ4n) is 4.25. The highest BCUT2D eigenvalue weighted by atomic mass is 32.1. The van der Waals surface area contributed by atoms with E-state index in [9.17, 15) is 0 Å². The first-order valence-electron chi connectivity index (χ1n) is 11.0. The Labute approximate surface area is 185 Å². The number of ether oxygens (including phenoxy) is 1. The number of hydrogen-bond acceptors (Lipinski definition) is 8. The van der Waals surface area contributed by atoms with Crippen LogP contribution in [-0.2, 0) is 30.5 Å². The normalized spacial score (nSPS) is 17.4. The van der Waals surface area contributed by atoms with E-state index in [4.69, 9.17) is 19.7 Å². The third-order valence-electron chi connectivity index (χ3n) is 6.06. The summed E-state index contributed by atoms with van der Waals surface area (Å²) < 4.78 is 5.48. The number of hydrogen-bond donors (Lipinski definition) is 1. The van der Waals surface area contributed by atoms with Crippen LogP contribution in [0.2, 0.25) is 0 Å². The Morgan fingerprint density at radius 1 is 1.03 bits per heavy atom. The molecule has 1 N–H and O–H groups in total. The molecular formula is C22H29N5OS2. The van der Waals surface area contributed by atoms with Crippen LogP contribution in [0.3, 0.4) is 0 Å². The zero-order valence-electron chi connectivity index (χ0n) is 17.8. The quantitative estimate of drug-likeness (QED) is 0.618. The van der Waals surface area contributed by atoms with Crippen LogP contribution >= 0.6 is 22.7 Å². The van der Waals surface area contributed by atoms with Gasteiger partial charge in [-0.15, -0.1) is 22.7 Å². The third kappa shape index (κ3) is 4.23. The van der Waals surface area contributed by atoms with Crippen LogP contribution in [0.25, 0.3) is 10.2 Å². The topological polar surface area (TPSA) is 63.2 Å². The van der Waals surface area contributed by atoms with Gasteiger partial charge in [0, 0.05) is 35.8 Å². The fourth-order valence-corrected chi connectivity index (χ4v) is 6.46. The van der Waals surface area contributed by atoms with E-state index in [0.717, 1.165) is 68.7 Å². The predicted molar refractivity (Wildman–Crippen MR) is 124 cm³/mol. The summed E-state index contributed by atoms with van der Waals surface area (Å²) in [5.41, 5.74) is 2.64. The molecule has 4 heterocycles. The highest BCUT2D eigenvalue weighted by Crippen LogP contribution is 2.33. The zero-order chi connectivity index (χ0) is 20.5. The fraction of sp³-hybridized carbons (Fsp3) is 0.591. The monoisotopic (exact) mass is 443 g/mol. The van der Waals surface area contributed by atoms with Gasteiger partial charge in [-0.1, -0.05) is 0 Å². The Morgan fingerprint density at radius 2 is 1.87 bits per heavy atom. The van der Waals surface area contributed by atoms with Crippen molar-refractivity contribution in [1.82, 2.24) is 19.9 Å². The lowest BCUT2D eigenvalue weighted by Crippen LogP contribution is -2.36. The molecule has 2 aliphatic rings. The van der Waals surface area contributed by atoms with Crippen molar-refractivity contribution in [2.45, 2.75) is 52.5 Å². The van der Waals surface area contributed by atoms with Crippen molar-refractivity contribution in [1.29, 1.82) is 0 Å². The number of thiazole rings is 1. The van der Waals surface area contributed by atoms with Crippen molar-refractivity contribution < 1.29 is 4.74 Å². The van der Waals surface area contributed by atoms with Crippen LogP contribution in [0.4, 0.5) is 5.82 Å². The Morgan fingerprint density at radius 3 is 2.70 bits per heavy atom. The van der Waals surface area contributed by atoms with Crippen LogP contribution in [-0.4, -0.2) is 52.7 Å². The maximum absolute atomic E-state index is 5.48. The molecule has 1 saturated heterocycles. The van der Waals surface area contributed by atoms with Crippen molar-refractivity contribution in [2.24, 2.45) is 0 Å².